The zero-order chi connectivity index (χ0) is 19.0. The van der Waals surface area contributed by atoms with Crippen LogP contribution in [0.1, 0.15) is 50.4 Å². The first-order valence-electron chi connectivity index (χ1n) is 8.86. The number of Topliss-reactive ketones (excluding diaryl/α,β-unsaturated/α-hetero) is 1. The summed E-state index contributed by atoms with van der Waals surface area (Å²) in [6.07, 6.45) is 4.78. The summed E-state index contributed by atoms with van der Waals surface area (Å²) in [6, 6.07) is 11.7. The lowest BCUT2D eigenvalue weighted by molar-refractivity contribution is 0.0527. The summed E-state index contributed by atoms with van der Waals surface area (Å²) in [5.41, 5.74) is 2.09. The highest BCUT2D eigenvalue weighted by Gasteiger charge is 2.15. The van der Waals surface area contributed by atoms with E-state index in [0.29, 0.717) is 24.9 Å². The summed E-state index contributed by atoms with van der Waals surface area (Å²) in [4.78, 5) is 28.1. The van der Waals surface area contributed by atoms with Gasteiger partial charge in [-0.15, -0.1) is 0 Å². The summed E-state index contributed by atoms with van der Waals surface area (Å²) in [7, 11) is 0. The van der Waals surface area contributed by atoms with E-state index in [9.17, 15) is 9.59 Å². The predicted octanol–water partition coefficient (Wildman–Crippen LogP) is 4.63. The standard InChI is InChI=1S/C21H26N2O3/c1-21(2,3)26-20(25)23-12-8-7-11-19(24)18-13-17(14-22-15-18)16-9-5-4-6-10-16/h4-6,9-10,13-15H,7-8,11-12H2,1-3H3,(H,23,25). The molecule has 1 aromatic carbocycles. The summed E-state index contributed by atoms with van der Waals surface area (Å²) >= 11 is 0. The normalized spacial score (nSPS) is 11.0. The zero-order valence-corrected chi connectivity index (χ0v) is 15.6. The number of rotatable bonds is 7. The van der Waals surface area contributed by atoms with Gasteiger partial charge in [0.2, 0.25) is 0 Å². The van der Waals surface area contributed by atoms with E-state index in [4.69, 9.17) is 4.74 Å². The van der Waals surface area contributed by atoms with Crippen LogP contribution < -0.4 is 5.32 Å². The topological polar surface area (TPSA) is 68.3 Å². The smallest absolute Gasteiger partial charge is 0.407 e. The van der Waals surface area contributed by atoms with E-state index in [1.807, 2.05) is 57.2 Å². The van der Waals surface area contributed by atoms with Gasteiger partial charge in [-0.05, 0) is 45.2 Å². The monoisotopic (exact) mass is 354 g/mol. The quantitative estimate of drug-likeness (QED) is 0.581. The highest BCUT2D eigenvalue weighted by atomic mass is 16.6. The average Bonchev–Trinajstić information content (AvgIpc) is 2.60. The summed E-state index contributed by atoms with van der Waals surface area (Å²) in [6.45, 7) is 5.96. The minimum absolute atomic E-state index is 0.0625. The molecule has 5 heteroatoms. The lowest BCUT2D eigenvalue weighted by Crippen LogP contribution is -2.33. The van der Waals surface area contributed by atoms with E-state index in [1.54, 1.807) is 12.4 Å². The van der Waals surface area contributed by atoms with Crippen molar-refractivity contribution in [2.45, 2.75) is 45.6 Å². The Morgan fingerprint density at radius 3 is 2.46 bits per heavy atom. The Morgan fingerprint density at radius 1 is 1.04 bits per heavy atom. The molecule has 0 saturated carbocycles. The second kappa shape index (κ2) is 9.13. The molecule has 0 fully saturated rings. The lowest BCUT2D eigenvalue weighted by atomic mass is 10.0. The minimum atomic E-state index is -0.503. The van der Waals surface area contributed by atoms with Gasteiger partial charge in [0.25, 0.3) is 0 Å². The third-order valence-electron chi connectivity index (χ3n) is 3.67. The highest BCUT2D eigenvalue weighted by molar-refractivity contribution is 5.96. The van der Waals surface area contributed by atoms with Crippen molar-refractivity contribution in [3.8, 4) is 11.1 Å². The number of hydrogen-bond donors (Lipinski definition) is 1. The van der Waals surface area contributed by atoms with Gasteiger partial charge in [0.1, 0.15) is 5.60 Å². The minimum Gasteiger partial charge on any atom is -0.444 e. The third kappa shape index (κ3) is 6.67. The van der Waals surface area contributed by atoms with Crippen molar-refractivity contribution in [1.82, 2.24) is 10.3 Å². The Hall–Kier alpha value is -2.69. The number of nitrogens with zero attached hydrogens (tertiary/aromatic N) is 1. The Morgan fingerprint density at radius 2 is 1.77 bits per heavy atom. The van der Waals surface area contributed by atoms with Crippen LogP contribution in [-0.2, 0) is 4.74 Å². The van der Waals surface area contributed by atoms with E-state index < -0.39 is 11.7 Å². The fourth-order valence-electron chi connectivity index (χ4n) is 2.44. The molecule has 1 heterocycles. The Labute approximate surface area is 154 Å². The van der Waals surface area contributed by atoms with Crippen LogP contribution in [0.4, 0.5) is 4.79 Å². The first-order chi connectivity index (χ1) is 12.3. The molecule has 0 unspecified atom stereocenters. The fourth-order valence-corrected chi connectivity index (χ4v) is 2.44. The van der Waals surface area contributed by atoms with E-state index in [1.165, 1.54) is 0 Å². The van der Waals surface area contributed by atoms with Crippen LogP contribution in [0.15, 0.2) is 48.8 Å². The van der Waals surface area contributed by atoms with E-state index in [0.717, 1.165) is 17.5 Å². The number of nitrogens with one attached hydrogen (secondary N) is 1. The number of carbonyl (C=O) groups is 2. The van der Waals surface area contributed by atoms with Crippen molar-refractivity contribution < 1.29 is 14.3 Å². The Kier molecular flexibility index (Phi) is 6.89. The molecule has 1 N–H and O–H groups in total. The van der Waals surface area contributed by atoms with Gasteiger partial charge in [0, 0.05) is 36.5 Å². The van der Waals surface area contributed by atoms with Crippen molar-refractivity contribution in [3.63, 3.8) is 0 Å². The predicted molar refractivity (Wildman–Crippen MR) is 102 cm³/mol. The van der Waals surface area contributed by atoms with Gasteiger partial charge in [-0.2, -0.15) is 0 Å². The highest BCUT2D eigenvalue weighted by Crippen LogP contribution is 2.19. The van der Waals surface area contributed by atoms with Crippen LogP contribution in [0, 0.1) is 0 Å². The lowest BCUT2D eigenvalue weighted by Gasteiger charge is -2.19. The second-order valence-electron chi connectivity index (χ2n) is 7.14. The molecule has 0 aliphatic carbocycles. The van der Waals surface area contributed by atoms with Crippen LogP contribution in [0.25, 0.3) is 11.1 Å². The molecule has 0 atom stereocenters. The van der Waals surface area contributed by atoms with Crippen LogP contribution >= 0.6 is 0 Å². The van der Waals surface area contributed by atoms with Gasteiger partial charge in [0.15, 0.2) is 5.78 Å². The van der Waals surface area contributed by atoms with Gasteiger partial charge >= 0.3 is 6.09 Å². The first-order valence-corrected chi connectivity index (χ1v) is 8.86. The number of unbranched alkanes of at least 4 members (excludes halogenated alkanes) is 1. The number of carbonyl (C=O) groups excluding carboxylic acids is 2. The Balaban J connectivity index is 1.77. The van der Waals surface area contributed by atoms with Crippen LogP contribution in [0.2, 0.25) is 0 Å². The third-order valence-corrected chi connectivity index (χ3v) is 3.67. The SMILES string of the molecule is CC(C)(C)OC(=O)NCCCCC(=O)c1cncc(-c2ccccc2)c1. The maximum absolute atomic E-state index is 12.4. The molecule has 5 nitrogen and oxygen atoms in total. The number of ketones is 1. The van der Waals surface area contributed by atoms with E-state index >= 15 is 0 Å². The van der Waals surface area contributed by atoms with Crippen molar-refractivity contribution in [2.75, 3.05) is 6.54 Å². The summed E-state index contributed by atoms with van der Waals surface area (Å²) in [5.74, 6) is 0.0625. The van der Waals surface area contributed by atoms with Gasteiger partial charge in [-0.25, -0.2) is 4.79 Å². The second-order valence-corrected chi connectivity index (χ2v) is 7.14. The molecule has 0 aliphatic rings. The summed E-state index contributed by atoms with van der Waals surface area (Å²) < 4.78 is 5.16. The van der Waals surface area contributed by atoms with Crippen molar-refractivity contribution in [1.29, 1.82) is 0 Å². The number of benzene rings is 1. The van der Waals surface area contributed by atoms with Crippen molar-refractivity contribution in [2.24, 2.45) is 0 Å². The molecule has 2 rings (SSSR count). The molecule has 138 valence electrons. The average molecular weight is 354 g/mol. The molecule has 0 radical (unpaired) electrons. The Bertz CT molecular complexity index is 736. The van der Waals surface area contributed by atoms with E-state index in [-0.39, 0.29) is 5.78 Å². The number of hydrogen-bond acceptors (Lipinski definition) is 4. The molecular weight excluding hydrogens is 328 g/mol. The summed E-state index contributed by atoms with van der Waals surface area (Å²) in [5, 5.41) is 2.70. The van der Waals surface area contributed by atoms with Gasteiger partial charge in [0.05, 0.1) is 0 Å². The molecule has 0 saturated heterocycles. The maximum Gasteiger partial charge on any atom is 0.407 e. The molecule has 26 heavy (non-hydrogen) atoms. The number of pyridine rings is 1. The number of amides is 1. The van der Waals surface area contributed by atoms with Crippen LogP contribution in [-0.4, -0.2) is 29.0 Å². The number of ether oxygens (including phenoxy) is 1. The van der Waals surface area contributed by atoms with E-state index in [2.05, 4.69) is 10.3 Å². The molecule has 1 amide bonds. The van der Waals surface area contributed by atoms with Gasteiger partial charge in [-0.3, -0.25) is 9.78 Å². The van der Waals surface area contributed by atoms with Gasteiger partial charge in [-0.1, -0.05) is 30.3 Å². The van der Waals surface area contributed by atoms with Gasteiger partial charge < -0.3 is 10.1 Å². The van der Waals surface area contributed by atoms with Crippen molar-refractivity contribution in [3.05, 3.63) is 54.4 Å². The number of alkyl carbamates (subject to hydrolysis) is 1. The number of aromatic nitrogens is 1. The molecule has 2 aromatic rings. The fraction of sp³-hybridized carbons (Fsp3) is 0.381. The van der Waals surface area contributed by atoms with Crippen LogP contribution in [0.3, 0.4) is 0 Å². The van der Waals surface area contributed by atoms with Crippen LogP contribution in [0.5, 0.6) is 0 Å². The molecular formula is C21H26N2O3. The molecule has 0 aliphatic heterocycles. The molecule has 1 aromatic heterocycles. The maximum atomic E-state index is 12.4. The molecule has 0 spiro atoms. The van der Waals surface area contributed by atoms with Crippen molar-refractivity contribution >= 4 is 11.9 Å². The first kappa shape index (κ1) is 19.6. The largest absolute Gasteiger partial charge is 0.444 e. The molecule has 0 bridgehead atoms. The zero-order valence-electron chi connectivity index (χ0n) is 15.6.